The lowest BCUT2D eigenvalue weighted by Crippen LogP contribution is -2.69. The fourth-order valence-electron chi connectivity index (χ4n) is 8.13. The number of rotatable bonds is 9. The van der Waals surface area contributed by atoms with E-state index in [-0.39, 0.29) is 43.6 Å². The Labute approximate surface area is 257 Å². The molecule has 0 aromatic heterocycles. The molecule has 0 bridgehead atoms. The number of aliphatic hydroxyl groups is 3. The van der Waals surface area contributed by atoms with Crippen LogP contribution >= 0.6 is 0 Å². The number of ketones is 2. The second-order valence-corrected chi connectivity index (χ2v) is 12.7. The fourth-order valence-corrected chi connectivity index (χ4v) is 8.13. The first-order chi connectivity index (χ1) is 21.1. The highest BCUT2D eigenvalue weighted by molar-refractivity contribution is 5.97. The number of fused-ring (bicyclic) bond motifs is 5. The number of aliphatic hydroxyl groups excluding tert-OH is 2. The van der Waals surface area contributed by atoms with Gasteiger partial charge in [-0.1, -0.05) is 36.8 Å². The van der Waals surface area contributed by atoms with Crippen LogP contribution in [-0.2, 0) is 30.6 Å². The number of nitrogens with one attached hydrogen (secondary N) is 1. The predicted molar refractivity (Wildman–Crippen MR) is 151 cm³/mol. The van der Waals surface area contributed by atoms with Gasteiger partial charge in [0.25, 0.3) is 11.0 Å². The first-order valence-electron chi connectivity index (χ1n) is 14.6. The van der Waals surface area contributed by atoms with Crippen molar-refractivity contribution in [3.8, 4) is 0 Å². The van der Waals surface area contributed by atoms with E-state index in [0.29, 0.717) is 11.1 Å². The average molecular weight is 631 g/mol. The smallest absolute Gasteiger partial charge is 0.325 e. The molecule has 14 heteroatoms. The summed E-state index contributed by atoms with van der Waals surface area (Å²) in [4.78, 5) is 65.1. The number of nitrogens with zero attached hydrogens (tertiary/aromatic N) is 1. The lowest BCUT2D eigenvalue weighted by atomic mass is 9.45. The third-order valence-electron chi connectivity index (χ3n) is 10.5. The Morgan fingerprint density at radius 3 is 2.62 bits per heavy atom. The molecule has 5 rings (SSSR count). The van der Waals surface area contributed by atoms with Crippen molar-refractivity contribution in [1.82, 2.24) is 5.32 Å². The zero-order valence-corrected chi connectivity index (χ0v) is 24.7. The predicted octanol–water partition coefficient (Wildman–Crippen LogP) is 1.31. The molecule has 0 radical (unpaired) electrons. The maximum Gasteiger partial charge on any atom is 0.325 e. The number of carbonyl (C=O) groups is 4. The molecule has 0 spiro atoms. The van der Waals surface area contributed by atoms with Crippen molar-refractivity contribution < 1.29 is 53.5 Å². The largest absolute Gasteiger partial charge is 0.456 e. The minimum absolute atomic E-state index is 0.0300. The third-order valence-corrected chi connectivity index (χ3v) is 10.5. The van der Waals surface area contributed by atoms with Gasteiger partial charge in [-0.25, -0.2) is 4.39 Å². The summed E-state index contributed by atoms with van der Waals surface area (Å²) in [7, 11) is 0. The average Bonchev–Trinajstić information content (AvgIpc) is 3.20. The van der Waals surface area contributed by atoms with Crippen molar-refractivity contribution in [3.05, 3.63) is 69.3 Å². The summed E-state index contributed by atoms with van der Waals surface area (Å²) >= 11 is 0. The van der Waals surface area contributed by atoms with E-state index >= 15 is 4.39 Å². The maximum atomic E-state index is 17.2. The van der Waals surface area contributed by atoms with Crippen molar-refractivity contribution in [1.29, 1.82) is 0 Å². The number of hydrogen-bond acceptors (Lipinski definition) is 11. The van der Waals surface area contributed by atoms with Crippen LogP contribution in [0.4, 0.5) is 4.39 Å². The van der Waals surface area contributed by atoms with E-state index in [4.69, 9.17) is 4.74 Å². The van der Waals surface area contributed by atoms with Crippen LogP contribution in [0.5, 0.6) is 0 Å². The Morgan fingerprint density at radius 2 is 1.91 bits per heavy atom. The molecule has 4 aliphatic carbocycles. The summed E-state index contributed by atoms with van der Waals surface area (Å²) in [6.07, 6.45) is 0.936. The second-order valence-electron chi connectivity index (χ2n) is 12.7. The van der Waals surface area contributed by atoms with E-state index < -0.39 is 82.0 Å². The quantitative estimate of drug-likeness (QED) is 0.133. The van der Waals surface area contributed by atoms with Gasteiger partial charge < -0.3 is 30.2 Å². The summed E-state index contributed by atoms with van der Waals surface area (Å²) in [6.45, 7) is 1.15. The molecular weight excluding hydrogens is 595 g/mol. The molecule has 2 fully saturated rings. The Bertz CT molecular complexity index is 1510. The molecule has 1 aromatic carbocycles. The lowest BCUT2D eigenvalue weighted by Gasteiger charge is -2.61. The van der Waals surface area contributed by atoms with Crippen LogP contribution in [0.15, 0.2) is 48.1 Å². The number of halogens is 1. The highest BCUT2D eigenvalue weighted by Gasteiger charge is 2.76. The SMILES string of the molecule is C[C@]12C=CC(=O)CC1=CC[C@H]1[C@@H]3C[C@@H](O)[C@](O)(C(=O)COC(=O)CNC(=O)c4cccc(CO[N+](=O)[O-])c4)[C@@]3(C)C[C@H](O)[C@@]12F. The standard InChI is InChI=1S/C31H35FN2O11/c1-28-9-8-20(35)11-19(28)6-7-21-22-12-23(36)31(41,29(22,2)13-24(37)30(21,28)32)25(38)16-44-26(39)14-33-27(40)18-5-3-4-17(10-18)15-45-34(42)43/h3-6,8-10,21-24,36-37,41H,7,11-16H2,1-2H3,(H,33,40)/t21-,22-,23+,24-,28-,29-,30-,31-/m0/s1. The highest BCUT2D eigenvalue weighted by Crippen LogP contribution is 2.69. The number of benzene rings is 1. The monoisotopic (exact) mass is 630 g/mol. The van der Waals surface area contributed by atoms with Gasteiger partial charge in [-0.2, -0.15) is 0 Å². The zero-order chi connectivity index (χ0) is 32.9. The summed E-state index contributed by atoms with van der Waals surface area (Å²) in [5, 5.41) is 45.9. The van der Waals surface area contributed by atoms with Gasteiger partial charge in [0.2, 0.25) is 5.78 Å². The topological polar surface area (TPSA) is 203 Å². The van der Waals surface area contributed by atoms with Crippen LogP contribution in [-0.4, -0.2) is 80.5 Å². The fraction of sp³-hybridized carbons (Fsp3) is 0.548. The number of Topliss-reactive ketones (excluding diaryl/α,β-unsaturated/α-hetero) is 1. The number of alkyl halides is 1. The van der Waals surface area contributed by atoms with Gasteiger partial charge in [-0.3, -0.25) is 19.2 Å². The maximum absolute atomic E-state index is 17.2. The first kappa shape index (κ1) is 32.4. The molecule has 4 aliphatic rings. The number of esters is 1. The molecule has 1 aromatic rings. The third kappa shape index (κ3) is 5.04. The van der Waals surface area contributed by atoms with Crippen LogP contribution in [0.25, 0.3) is 0 Å². The van der Waals surface area contributed by atoms with Crippen molar-refractivity contribution in [2.45, 2.75) is 69.6 Å². The molecule has 1 amide bonds. The van der Waals surface area contributed by atoms with Crippen molar-refractivity contribution in [2.75, 3.05) is 13.2 Å². The minimum Gasteiger partial charge on any atom is -0.456 e. The molecule has 45 heavy (non-hydrogen) atoms. The molecule has 4 N–H and O–H groups in total. The van der Waals surface area contributed by atoms with Crippen LogP contribution < -0.4 is 5.32 Å². The van der Waals surface area contributed by atoms with E-state index in [2.05, 4.69) is 10.2 Å². The molecule has 0 heterocycles. The first-order valence-corrected chi connectivity index (χ1v) is 14.6. The Hall–Kier alpha value is -4.01. The summed E-state index contributed by atoms with van der Waals surface area (Å²) in [5.74, 6) is -4.56. The molecular formula is C31H35FN2O11. The van der Waals surface area contributed by atoms with Crippen LogP contribution in [0.3, 0.4) is 0 Å². The number of amides is 1. The van der Waals surface area contributed by atoms with Gasteiger partial charge in [-0.15, -0.1) is 10.1 Å². The van der Waals surface area contributed by atoms with Crippen molar-refractivity contribution in [3.63, 3.8) is 0 Å². The zero-order valence-electron chi connectivity index (χ0n) is 24.7. The number of hydrogen-bond donors (Lipinski definition) is 4. The highest BCUT2D eigenvalue weighted by atomic mass is 19.1. The second kappa shape index (κ2) is 11.4. The van der Waals surface area contributed by atoms with Crippen molar-refractivity contribution >= 4 is 23.4 Å². The van der Waals surface area contributed by atoms with E-state index in [1.807, 2.05) is 0 Å². The van der Waals surface area contributed by atoms with Crippen molar-refractivity contribution in [2.24, 2.45) is 22.7 Å². The van der Waals surface area contributed by atoms with Crippen LogP contribution in [0, 0.1) is 32.8 Å². The Morgan fingerprint density at radius 1 is 1.18 bits per heavy atom. The molecule has 242 valence electrons. The normalized spacial score (nSPS) is 36.6. The van der Waals surface area contributed by atoms with Gasteiger partial charge in [0.1, 0.15) is 13.2 Å². The number of ether oxygens (including phenoxy) is 1. The lowest BCUT2D eigenvalue weighted by molar-refractivity contribution is -0.763. The molecule has 0 aliphatic heterocycles. The molecule has 0 unspecified atom stereocenters. The van der Waals surface area contributed by atoms with Gasteiger partial charge in [0.15, 0.2) is 23.7 Å². The van der Waals surface area contributed by atoms with Crippen LogP contribution in [0.1, 0.15) is 55.5 Å². The Kier molecular flexibility index (Phi) is 8.21. The summed E-state index contributed by atoms with van der Waals surface area (Å²) in [5.41, 5.74) is -6.48. The summed E-state index contributed by atoms with van der Waals surface area (Å²) in [6, 6.07) is 5.71. The molecule has 8 atom stereocenters. The Balaban J connectivity index is 1.25. The van der Waals surface area contributed by atoms with Gasteiger partial charge >= 0.3 is 5.97 Å². The van der Waals surface area contributed by atoms with E-state index in [1.54, 1.807) is 13.0 Å². The molecule has 13 nitrogen and oxygen atoms in total. The molecule has 2 saturated carbocycles. The van der Waals surface area contributed by atoms with Gasteiger partial charge in [-0.05, 0) is 55.9 Å². The number of allylic oxidation sites excluding steroid dienone is 4. The molecule has 0 saturated heterocycles. The number of carbonyl (C=O) groups excluding carboxylic acids is 4. The van der Waals surface area contributed by atoms with Gasteiger partial charge in [0.05, 0.1) is 12.2 Å². The van der Waals surface area contributed by atoms with Gasteiger partial charge in [0, 0.05) is 28.7 Å². The van der Waals surface area contributed by atoms with E-state index in [9.17, 15) is 44.6 Å². The van der Waals surface area contributed by atoms with Crippen LogP contribution in [0.2, 0.25) is 0 Å². The minimum atomic E-state index is -2.47. The summed E-state index contributed by atoms with van der Waals surface area (Å²) < 4.78 is 22.3. The van der Waals surface area contributed by atoms with E-state index in [1.165, 1.54) is 43.3 Å². The van der Waals surface area contributed by atoms with E-state index in [0.717, 1.165) is 0 Å².